The molecule has 0 radical (unpaired) electrons. The van der Waals surface area contributed by atoms with E-state index in [4.69, 9.17) is 4.74 Å². The number of nitrogens with one attached hydrogen (secondary N) is 2. The minimum Gasteiger partial charge on any atom is -0.497 e. The van der Waals surface area contributed by atoms with Crippen molar-refractivity contribution < 1.29 is 19.1 Å². The number of benzene rings is 2. The summed E-state index contributed by atoms with van der Waals surface area (Å²) in [6.45, 7) is 4.57. The highest BCUT2D eigenvalue weighted by atomic mass is 16.5. The highest BCUT2D eigenvalue weighted by Gasteiger charge is 2.57. The predicted molar refractivity (Wildman–Crippen MR) is 120 cm³/mol. The van der Waals surface area contributed by atoms with Crippen molar-refractivity contribution in [1.29, 1.82) is 0 Å². The Hall–Kier alpha value is -3.35. The standard InChI is InChI=1S/C23H23N3O4.C2H6/c1-30-18-8-7-15-12-26(20(27)19(15)11-18)13-23(21(28)24-22(29)25-23)17-9-16(10-17)14-5-3-2-4-6-14;1-2/h2-8,11,16-17H,9-10,12-13H2,1H3,(H2,24,25,28,29);1-2H3. The summed E-state index contributed by atoms with van der Waals surface area (Å²) < 4.78 is 5.23. The van der Waals surface area contributed by atoms with Gasteiger partial charge in [0.05, 0.1) is 13.7 Å². The Kier molecular flexibility index (Phi) is 5.91. The lowest BCUT2D eigenvalue weighted by Crippen LogP contribution is -2.62. The molecule has 2 aromatic carbocycles. The molecule has 3 aliphatic rings. The maximum Gasteiger partial charge on any atom is 0.322 e. The van der Waals surface area contributed by atoms with Crippen LogP contribution < -0.4 is 15.4 Å². The summed E-state index contributed by atoms with van der Waals surface area (Å²) in [7, 11) is 1.56. The summed E-state index contributed by atoms with van der Waals surface area (Å²) in [4.78, 5) is 39.6. The summed E-state index contributed by atoms with van der Waals surface area (Å²) >= 11 is 0. The number of rotatable bonds is 5. The van der Waals surface area contributed by atoms with E-state index in [2.05, 4.69) is 22.8 Å². The van der Waals surface area contributed by atoms with Gasteiger partial charge in [-0.25, -0.2) is 4.79 Å². The van der Waals surface area contributed by atoms with Crippen LogP contribution in [0.2, 0.25) is 0 Å². The van der Waals surface area contributed by atoms with Crippen LogP contribution in [0.15, 0.2) is 48.5 Å². The third-order valence-corrected chi connectivity index (χ3v) is 6.71. The Labute approximate surface area is 188 Å². The largest absolute Gasteiger partial charge is 0.497 e. The van der Waals surface area contributed by atoms with Gasteiger partial charge in [0.15, 0.2) is 0 Å². The number of hydrogen-bond donors (Lipinski definition) is 2. The van der Waals surface area contributed by atoms with Crippen LogP contribution in [0.3, 0.4) is 0 Å². The zero-order chi connectivity index (χ0) is 22.9. The molecule has 1 aliphatic carbocycles. The van der Waals surface area contributed by atoms with Crippen molar-refractivity contribution in [3.63, 3.8) is 0 Å². The monoisotopic (exact) mass is 435 g/mol. The molecule has 7 nitrogen and oxygen atoms in total. The third kappa shape index (κ3) is 3.61. The second kappa shape index (κ2) is 8.65. The topological polar surface area (TPSA) is 87.7 Å². The number of hydrogen-bond acceptors (Lipinski definition) is 4. The Morgan fingerprint density at radius 3 is 2.41 bits per heavy atom. The SMILES string of the molecule is CC.COc1ccc2c(c1)C(=O)N(CC1(C3CC(c4ccccc4)C3)NC(=O)NC1=O)C2. The van der Waals surface area contributed by atoms with Gasteiger partial charge < -0.3 is 15.0 Å². The summed E-state index contributed by atoms with van der Waals surface area (Å²) in [5.41, 5.74) is 1.64. The fourth-order valence-corrected chi connectivity index (χ4v) is 4.95. The molecule has 4 amide bonds. The first-order valence-corrected chi connectivity index (χ1v) is 11.1. The van der Waals surface area contributed by atoms with E-state index in [1.807, 2.05) is 44.2 Å². The minimum atomic E-state index is -1.09. The molecule has 2 heterocycles. The predicted octanol–water partition coefficient (Wildman–Crippen LogP) is 3.45. The molecule has 0 bridgehead atoms. The summed E-state index contributed by atoms with van der Waals surface area (Å²) in [5.74, 6) is 0.464. The van der Waals surface area contributed by atoms with Crippen molar-refractivity contribution in [1.82, 2.24) is 15.5 Å². The first-order valence-electron chi connectivity index (χ1n) is 11.1. The van der Waals surface area contributed by atoms with Gasteiger partial charge in [-0.1, -0.05) is 50.2 Å². The highest BCUT2D eigenvalue weighted by Crippen LogP contribution is 2.48. The maximum atomic E-state index is 13.0. The molecule has 0 aromatic heterocycles. The van der Waals surface area contributed by atoms with Gasteiger partial charge in [-0.2, -0.15) is 0 Å². The van der Waals surface area contributed by atoms with Crippen LogP contribution in [-0.4, -0.2) is 41.9 Å². The molecule has 7 heteroatoms. The second-order valence-electron chi connectivity index (χ2n) is 8.34. The molecule has 1 saturated heterocycles. The fourth-order valence-electron chi connectivity index (χ4n) is 4.95. The van der Waals surface area contributed by atoms with E-state index in [0.717, 1.165) is 18.4 Å². The van der Waals surface area contributed by atoms with E-state index in [1.54, 1.807) is 18.1 Å². The van der Waals surface area contributed by atoms with Crippen LogP contribution in [0.4, 0.5) is 4.79 Å². The Balaban J connectivity index is 0.00000119. The number of nitrogens with zero attached hydrogens (tertiary/aromatic N) is 1. The zero-order valence-corrected chi connectivity index (χ0v) is 18.7. The number of amides is 4. The molecule has 0 spiro atoms. The van der Waals surface area contributed by atoms with Gasteiger partial charge in [0.1, 0.15) is 11.3 Å². The fraction of sp³-hybridized carbons (Fsp3) is 0.400. The lowest BCUT2D eigenvalue weighted by Gasteiger charge is -2.46. The van der Waals surface area contributed by atoms with E-state index in [0.29, 0.717) is 23.8 Å². The maximum absolute atomic E-state index is 13.0. The quantitative estimate of drug-likeness (QED) is 0.704. The summed E-state index contributed by atoms with van der Waals surface area (Å²) in [6.07, 6.45) is 1.58. The number of carbonyl (C=O) groups excluding carboxylic acids is 3. The average Bonchev–Trinajstić information content (AvgIpc) is 3.24. The van der Waals surface area contributed by atoms with Gasteiger partial charge >= 0.3 is 6.03 Å². The van der Waals surface area contributed by atoms with Crippen molar-refractivity contribution in [2.24, 2.45) is 5.92 Å². The number of urea groups is 1. The van der Waals surface area contributed by atoms with Gasteiger partial charge in [0.2, 0.25) is 0 Å². The summed E-state index contributed by atoms with van der Waals surface area (Å²) in [5, 5.41) is 5.26. The molecule has 1 saturated carbocycles. The number of methoxy groups -OCH3 is 1. The summed E-state index contributed by atoms with van der Waals surface area (Å²) in [6, 6.07) is 15.1. The Morgan fingerprint density at radius 1 is 1.06 bits per heavy atom. The van der Waals surface area contributed by atoms with Crippen molar-refractivity contribution in [3.8, 4) is 5.75 Å². The Bertz CT molecular complexity index is 1030. The van der Waals surface area contributed by atoms with E-state index < -0.39 is 11.6 Å². The third-order valence-electron chi connectivity index (χ3n) is 6.71. The van der Waals surface area contributed by atoms with E-state index >= 15 is 0 Å². The first-order chi connectivity index (χ1) is 15.5. The molecular formula is C25H29N3O4. The minimum absolute atomic E-state index is 0.0276. The van der Waals surface area contributed by atoms with Crippen LogP contribution in [0.25, 0.3) is 0 Å². The van der Waals surface area contributed by atoms with Crippen LogP contribution in [-0.2, 0) is 11.3 Å². The smallest absolute Gasteiger partial charge is 0.322 e. The molecule has 32 heavy (non-hydrogen) atoms. The van der Waals surface area contributed by atoms with E-state index in [1.165, 1.54) is 5.56 Å². The van der Waals surface area contributed by atoms with Crippen LogP contribution in [0.5, 0.6) is 5.75 Å². The molecule has 1 unspecified atom stereocenters. The molecule has 1 atom stereocenters. The lowest BCUT2D eigenvalue weighted by molar-refractivity contribution is -0.128. The van der Waals surface area contributed by atoms with Gasteiger partial charge in [-0.05, 0) is 47.9 Å². The Morgan fingerprint density at radius 2 is 1.78 bits per heavy atom. The van der Waals surface area contributed by atoms with E-state index in [-0.39, 0.29) is 24.3 Å². The van der Waals surface area contributed by atoms with Gasteiger partial charge in [-0.3, -0.25) is 14.9 Å². The van der Waals surface area contributed by atoms with Crippen LogP contribution in [0.1, 0.15) is 54.1 Å². The average molecular weight is 436 g/mol. The van der Waals surface area contributed by atoms with Gasteiger partial charge in [-0.15, -0.1) is 0 Å². The molecule has 2 aromatic rings. The van der Waals surface area contributed by atoms with Crippen molar-refractivity contribution in [2.45, 2.75) is 44.7 Å². The number of imide groups is 1. The normalized spacial score (nSPS) is 25.8. The van der Waals surface area contributed by atoms with Crippen molar-refractivity contribution >= 4 is 17.8 Å². The number of fused-ring (bicyclic) bond motifs is 1. The van der Waals surface area contributed by atoms with Crippen molar-refractivity contribution in [2.75, 3.05) is 13.7 Å². The molecule has 2 N–H and O–H groups in total. The molecule has 2 fully saturated rings. The first kappa shape index (κ1) is 21.9. The molecule has 2 aliphatic heterocycles. The second-order valence-corrected chi connectivity index (χ2v) is 8.34. The van der Waals surface area contributed by atoms with E-state index in [9.17, 15) is 14.4 Å². The van der Waals surface area contributed by atoms with Crippen molar-refractivity contribution in [3.05, 3.63) is 65.2 Å². The lowest BCUT2D eigenvalue weighted by atomic mass is 9.62. The molecular weight excluding hydrogens is 406 g/mol. The zero-order valence-electron chi connectivity index (χ0n) is 18.7. The highest BCUT2D eigenvalue weighted by molar-refractivity contribution is 6.08. The number of ether oxygens (including phenoxy) is 1. The van der Waals surface area contributed by atoms with Crippen LogP contribution >= 0.6 is 0 Å². The van der Waals surface area contributed by atoms with Gasteiger partial charge in [0.25, 0.3) is 11.8 Å². The number of carbonyl (C=O) groups is 3. The molecule has 5 rings (SSSR count). The van der Waals surface area contributed by atoms with Crippen LogP contribution in [0, 0.1) is 5.92 Å². The van der Waals surface area contributed by atoms with Gasteiger partial charge in [0, 0.05) is 12.1 Å². The molecule has 168 valence electrons.